The number of nitrogens with one attached hydrogen (secondary N) is 1. The predicted octanol–water partition coefficient (Wildman–Crippen LogP) is 2.15. The minimum atomic E-state index is -0.560. The topological polar surface area (TPSA) is 47.4 Å². The van der Waals surface area contributed by atoms with Gasteiger partial charge in [-0.05, 0) is 36.9 Å². The van der Waals surface area contributed by atoms with Crippen LogP contribution < -0.4 is 20.5 Å². The molecule has 0 saturated carbocycles. The molecule has 0 bridgehead atoms. The molecular weight excluding hydrogens is 298 g/mol. The average Bonchev–Trinajstić information content (AvgIpc) is 2.64. The van der Waals surface area contributed by atoms with E-state index < -0.39 is 4.65 Å². The van der Waals surface area contributed by atoms with Crippen molar-refractivity contribution >= 4 is 23.5 Å². The van der Waals surface area contributed by atoms with Crippen LogP contribution in [0.5, 0.6) is 0 Å². The van der Waals surface area contributed by atoms with E-state index in [-0.39, 0.29) is 6.17 Å². The Bertz CT molecular complexity index is 778. The summed E-state index contributed by atoms with van der Waals surface area (Å²) >= 11 is 6.08. The number of nitrogens with zero attached hydrogens (tertiary/aromatic N) is 2. The first-order chi connectivity index (χ1) is 10.6. The molecule has 1 N–H and O–H groups in total. The Morgan fingerprint density at radius 3 is 2.77 bits per heavy atom. The molecule has 0 amide bonds. The van der Waals surface area contributed by atoms with Crippen molar-refractivity contribution in [2.45, 2.75) is 13.1 Å². The van der Waals surface area contributed by atoms with Gasteiger partial charge in [0, 0.05) is 5.02 Å². The van der Waals surface area contributed by atoms with Gasteiger partial charge in [-0.2, -0.15) is 0 Å². The van der Waals surface area contributed by atoms with Gasteiger partial charge in [-0.15, -0.1) is 0 Å². The number of fused-ring (bicyclic) bond motifs is 1. The second-order valence-electron chi connectivity index (χ2n) is 5.35. The maximum atomic E-state index is 13.4. The van der Waals surface area contributed by atoms with E-state index in [2.05, 4.69) is 10.3 Å². The standard InChI is InChI=1S/C17H18ClN3O/c1-2-19-17-12-21(22,15-6-4-3-5-7-15)11-13-10-14(18)8-9-16(13)20-17/h3-11,17,19H,2,12H2,1H3. The number of rotatable bonds is 3. The minimum Gasteiger partial charge on any atom is -0.622 e. The van der Waals surface area contributed by atoms with Crippen molar-refractivity contribution in [1.29, 1.82) is 0 Å². The van der Waals surface area contributed by atoms with Crippen LogP contribution in [0.3, 0.4) is 0 Å². The molecule has 0 fully saturated rings. The van der Waals surface area contributed by atoms with Crippen molar-refractivity contribution < 1.29 is 0 Å². The molecule has 1 heterocycles. The fourth-order valence-electron chi connectivity index (χ4n) is 2.70. The average molecular weight is 316 g/mol. The number of hydrogen-bond donors (Lipinski definition) is 1. The Kier molecular flexibility index (Phi) is 4.27. The number of halogens is 1. The van der Waals surface area contributed by atoms with E-state index in [1.54, 1.807) is 18.3 Å². The molecule has 4 nitrogen and oxygen atoms in total. The Hall–Kier alpha value is -1.72. The van der Waals surface area contributed by atoms with Crippen LogP contribution in [0.4, 0.5) is 5.69 Å². The lowest BCUT2D eigenvalue weighted by Crippen LogP contribution is -2.47. The number of hydroxylamine groups is 2. The SMILES string of the molecule is CCNC1C[N+]([O-])(c2ccccc2)C=c2cc(Cl)ccc2=N1. The summed E-state index contributed by atoms with van der Waals surface area (Å²) in [4.78, 5) is 4.67. The van der Waals surface area contributed by atoms with Gasteiger partial charge in [-0.25, -0.2) is 0 Å². The van der Waals surface area contributed by atoms with Crippen molar-refractivity contribution in [1.82, 2.24) is 9.96 Å². The number of hydrogen-bond acceptors (Lipinski definition) is 3. The van der Waals surface area contributed by atoms with Crippen LogP contribution in [0.15, 0.2) is 53.5 Å². The first kappa shape index (κ1) is 15.2. The summed E-state index contributed by atoms with van der Waals surface area (Å²) in [6.07, 6.45) is 1.46. The first-order valence-corrected chi connectivity index (χ1v) is 7.72. The molecule has 2 aromatic carbocycles. The molecule has 114 valence electrons. The highest BCUT2D eigenvalue weighted by molar-refractivity contribution is 6.30. The summed E-state index contributed by atoms with van der Waals surface area (Å²) in [5, 5.41) is 18.9. The zero-order valence-corrected chi connectivity index (χ0v) is 13.1. The van der Waals surface area contributed by atoms with Crippen LogP contribution in [0.25, 0.3) is 6.20 Å². The van der Waals surface area contributed by atoms with Crippen molar-refractivity contribution in [2.75, 3.05) is 13.1 Å². The summed E-state index contributed by atoms with van der Waals surface area (Å²) in [6.45, 7) is 3.07. The van der Waals surface area contributed by atoms with E-state index in [9.17, 15) is 5.21 Å². The molecule has 2 aromatic rings. The lowest BCUT2D eigenvalue weighted by molar-refractivity contribution is 0.422. The van der Waals surface area contributed by atoms with E-state index in [1.165, 1.54) is 0 Å². The number of benzene rings is 2. The van der Waals surface area contributed by atoms with Gasteiger partial charge in [0.05, 0.1) is 10.6 Å². The third kappa shape index (κ3) is 3.05. The van der Waals surface area contributed by atoms with Crippen molar-refractivity contribution in [2.24, 2.45) is 4.99 Å². The van der Waals surface area contributed by atoms with Gasteiger partial charge >= 0.3 is 0 Å². The van der Waals surface area contributed by atoms with Gasteiger partial charge in [0.15, 0.2) is 6.17 Å². The number of quaternary nitrogens is 1. The molecule has 0 radical (unpaired) electrons. The molecule has 5 heteroatoms. The van der Waals surface area contributed by atoms with Gasteiger partial charge in [0.25, 0.3) is 0 Å². The molecular formula is C17H18ClN3O. The molecule has 2 unspecified atom stereocenters. The Labute approximate surface area is 134 Å². The summed E-state index contributed by atoms with van der Waals surface area (Å²) in [5.41, 5.74) is 0.688. The fourth-order valence-corrected chi connectivity index (χ4v) is 2.88. The molecule has 1 aliphatic heterocycles. The van der Waals surface area contributed by atoms with E-state index in [0.717, 1.165) is 17.1 Å². The Balaban J connectivity index is 2.21. The molecule has 2 atom stereocenters. The lowest BCUT2D eigenvalue weighted by Gasteiger charge is -2.39. The van der Waals surface area contributed by atoms with Gasteiger partial charge in [-0.1, -0.05) is 36.7 Å². The number of likely N-dealkylation sites (N-methyl/N-ethyl adjacent to an activating group) is 1. The van der Waals surface area contributed by atoms with E-state index in [4.69, 9.17) is 11.6 Å². The highest BCUT2D eigenvalue weighted by Gasteiger charge is 2.25. The highest BCUT2D eigenvalue weighted by Crippen LogP contribution is 2.23. The zero-order chi connectivity index (χ0) is 15.6. The molecule has 0 aromatic heterocycles. The normalized spacial score (nSPS) is 23.9. The first-order valence-electron chi connectivity index (χ1n) is 7.35. The fraction of sp³-hybridized carbons (Fsp3) is 0.235. The summed E-state index contributed by atoms with van der Waals surface area (Å²) in [5.74, 6) is 0. The second kappa shape index (κ2) is 6.18. The van der Waals surface area contributed by atoms with Crippen molar-refractivity contribution in [3.8, 4) is 0 Å². The van der Waals surface area contributed by atoms with Crippen LogP contribution in [-0.2, 0) is 0 Å². The molecule has 0 saturated heterocycles. The molecule has 0 spiro atoms. The van der Waals surface area contributed by atoms with E-state index in [1.807, 2.05) is 43.3 Å². The molecule has 22 heavy (non-hydrogen) atoms. The molecule has 3 rings (SSSR count). The van der Waals surface area contributed by atoms with Crippen molar-refractivity contribution in [3.05, 3.63) is 69.3 Å². The second-order valence-corrected chi connectivity index (χ2v) is 5.78. The van der Waals surface area contributed by atoms with Gasteiger partial charge < -0.3 is 5.21 Å². The van der Waals surface area contributed by atoms with Crippen LogP contribution in [0.2, 0.25) is 5.02 Å². The molecule has 0 aliphatic carbocycles. The van der Waals surface area contributed by atoms with E-state index >= 15 is 0 Å². The highest BCUT2D eigenvalue weighted by atomic mass is 35.5. The van der Waals surface area contributed by atoms with E-state index in [0.29, 0.717) is 17.3 Å². The van der Waals surface area contributed by atoms with Crippen LogP contribution in [-0.4, -0.2) is 19.3 Å². The van der Waals surface area contributed by atoms with Gasteiger partial charge in [0.1, 0.15) is 18.4 Å². The smallest absolute Gasteiger partial charge is 0.151 e. The largest absolute Gasteiger partial charge is 0.622 e. The third-order valence-electron chi connectivity index (χ3n) is 3.71. The van der Waals surface area contributed by atoms with Crippen LogP contribution in [0, 0.1) is 5.21 Å². The van der Waals surface area contributed by atoms with Gasteiger partial charge in [-0.3, -0.25) is 15.0 Å². The predicted molar refractivity (Wildman–Crippen MR) is 90.6 cm³/mol. The van der Waals surface area contributed by atoms with Crippen LogP contribution in [0.1, 0.15) is 6.92 Å². The maximum absolute atomic E-state index is 13.4. The Morgan fingerprint density at radius 1 is 1.27 bits per heavy atom. The molecule has 1 aliphatic rings. The quantitative estimate of drug-likeness (QED) is 0.697. The zero-order valence-electron chi connectivity index (χ0n) is 12.4. The van der Waals surface area contributed by atoms with Crippen molar-refractivity contribution in [3.63, 3.8) is 0 Å². The number of para-hydroxylation sites is 1. The Morgan fingerprint density at radius 2 is 2.05 bits per heavy atom. The summed E-state index contributed by atoms with van der Waals surface area (Å²) in [6, 6.07) is 14.8. The lowest BCUT2D eigenvalue weighted by atomic mass is 10.2. The van der Waals surface area contributed by atoms with Gasteiger partial charge in [0.2, 0.25) is 0 Å². The van der Waals surface area contributed by atoms with Crippen LogP contribution >= 0.6 is 11.6 Å². The summed E-state index contributed by atoms with van der Waals surface area (Å²) < 4.78 is -0.560. The third-order valence-corrected chi connectivity index (χ3v) is 3.94. The summed E-state index contributed by atoms with van der Waals surface area (Å²) in [7, 11) is 0. The maximum Gasteiger partial charge on any atom is 0.151 e. The minimum absolute atomic E-state index is 0.235. The monoisotopic (exact) mass is 315 g/mol.